The number of hydrogen-bond acceptors (Lipinski definition) is 8. The van der Waals surface area contributed by atoms with Crippen LogP contribution in [0.2, 0.25) is 0 Å². The molecular weight excluding hydrogens is 392 g/mol. The highest BCUT2D eigenvalue weighted by molar-refractivity contribution is 7.11. The van der Waals surface area contributed by atoms with Crippen LogP contribution in [-0.4, -0.2) is 24.1 Å². The van der Waals surface area contributed by atoms with Gasteiger partial charge in [-0.1, -0.05) is 12.1 Å². The van der Waals surface area contributed by atoms with Crippen LogP contribution >= 0.6 is 11.3 Å². The topological polar surface area (TPSA) is 110 Å². The molecule has 29 heavy (non-hydrogen) atoms. The average Bonchev–Trinajstić information content (AvgIpc) is 3.24. The summed E-state index contributed by atoms with van der Waals surface area (Å²) in [7, 11) is 3.02. The van der Waals surface area contributed by atoms with Crippen molar-refractivity contribution in [2.24, 2.45) is 0 Å². The summed E-state index contributed by atoms with van der Waals surface area (Å²) in [5.41, 5.74) is 1.92. The number of ether oxygens (including phenoxy) is 2. The van der Waals surface area contributed by atoms with Crippen LogP contribution in [-0.2, 0) is 0 Å². The summed E-state index contributed by atoms with van der Waals surface area (Å²) in [6, 6.07) is 14.0. The Bertz CT molecular complexity index is 1120. The van der Waals surface area contributed by atoms with Crippen molar-refractivity contribution < 1.29 is 14.4 Å². The summed E-state index contributed by atoms with van der Waals surface area (Å²) in [6.07, 6.45) is 1.41. The van der Waals surface area contributed by atoms with Crippen LogP contribution in [0.3, 0.4) is 0 Å². The number of allylic oxidation sites excluding steroid dienone is 1. The van der Waals surface area contributed by atoms with Crippen LogP contribution in [0.15, 0.2) is 54.0 Å². The van der Waals surface area contributed by atoms with Crippen molar-refractivity contribution >= 4 is 28.3 Å². The predicted octanol–water partition coefficient (Wildman–Crippen LogP) is 4.71. The van der Waals surface area contributed by atoms with Crippen LogP contribution in [0.4, 0.5) is 11.4 Å². The smallest absolute Gasteiger partial charge is 0.296 e. The van der Waals surface area contributed by atoms with Gasteiger partial charge in [0.25, 0.3) is 5.69 Å². The molecule has 0 bridgehead atoms. The van der Waals surface area contributed by atoms with Gasteiger partial charge in [0, 0.05) is 17.1 Å². The third-order valence-corrected chi connectivity index (χ3v) is 4.87. The third-order valence-electron chi connectivity index (χ3n) is 3.99. The number of thiazole rings is 1. The molecule has 0 aliphatic rings. The third kappa shape index (κ3) is 4.51. The summed E-state index contributed by atoms with van der Waals surface area (Å²) in [4.78, 5) is 15.3. The summed E-state index contributed by atoms with van der Waals surface area (Å²) in [5, 5.41) is 26.0. The highest BCUT2D eigenvalue weighted by atomic mass is 32.1. The van der Waals surface area contributed by atoms with E-state index in [9.17, 15) is 15.4 Å². The summed E-state index contributed by atoms with van der Waals surface area (Å²) < 4.78 is 10.2. The largest absolute Gasteiger partial charge is 0.497 e. The number of rotatable bonds is 7. The van der Waals surface area contributed by atoms with E-state index in [-0.39, 0.29) is 16.9 Å². The first-order chi connectivity index (χ1) is 14.0. The number of benzene rings is 2. The minimum atomic E-state index is -0.519. The Kier molecular flexibility index (Phi) is 6.06. The molecule has 9 heteroatoms. The first-order valence-electron chi connectivity index (χ1n) is 8.35. The van der Waals surface area contributed by atoms with Gasteiger partial charge in [0.05, 0.1) is 30.9 Å². The van der Waals surface area contributed by atoms with Crippen LogP contribution in [0, 0.1) is 21.4 Å². The Morgan fingerprint density at radius 1 is 1.24 bits per heavy atom. The van der Waals surface area contributed by atoms with E-state index in [2.05, 4.69) is 16.4 Å². The van der Waals surface area contributed by atoms with Crippen LogP contribution in [0.1, 0.15) is 5.01 Å². The van der Waals surface area contributed by atoms with E-state index in [1.165, 1.54) is 36.8 Å². The maximum Gasteiger partial charge on any atom is 0.296 e. The molecule has 3 rings (SSSR count). The Balaban J connectivity index is 1.87. The molecule has 0 atom stereocenters. The molecule has 0 radical (unpaired) electrons. The van der Waals surface area contributed by atoms with Gasteiger partial charge in [0.15, 0.2) is 0 Å². The standard InChI is InChI=1S/C20H16N4O4S/c1-27-15-5-3-4-13(8-15)18-12-29-20(23-18)14(10-21)11-22-17-7-6-16(28-2)9-19(17)24(25)26/h3-9,11-12,22H,1-2H3/b14-11+. The number of methoxy groups -OCH3 is 2. The molecule has 0 aliphatic carbocycles. The van der Waals surface area contributed by atoms with Crippen molar-refractivity contribution in [1.82, 2.24) is 4.98 Å². The van der Waals surface area contributed by atoms with E-state index in [0.717, 1.165) is 5.56 Å². The lowest BCUT2D eigenvalue weighted by Crippen LogP contribution is -1.98. The van der Waals surface area contributed by atoms with Crippen molar-refractivity contribution in [3.05, 3.63) is 69.2 Å². The van der Waals surface area contributed by atoms with Gasteiger partial charge in [-0.2, -0.15) is 5.26 Å². The molecule has 0 saturated carbocycles. The molecular formula is C20H16N4O4S. The SMILES string of the molecule is COc1cccc(-c2csc(/C(C#N)=C/Nc3ccc(OC)cc3[N+](=O)[O-])n2)c1. The van der Waals surface area contributed by atoms with E-state index < -0.39 is 4.92 Å². The number of nitrogens with zero attached hydrogens (tertiary/aromatic N) is 3. The van der Waals surface area contributed by atoms with Gasteiger partial charge >= 0.3 is 0 Å². The fraction of sp³-hybridized carbons (Fsp3) is 0.100. The van der Waals surface area contributed by atoms with Gasteiger partial charge in [0.1, 0.15) is 33.8 Å². The monoisotopic (exact) mass is 408 g/mol. The number of nitro benzene ring substituents is 1. The van der Waals surface area contributed by atoms with Gasteiger partial charge in [-0.25, -0.2) is 4.98 Å². The second-order valence-electron chi connectivity index (χ2n) is 5.72. The summed E-state index contributed by atoms with van der Waals surface area (Å²) in [5.74, 6) is 1.08. The van der Waals surface area contributed by atoms with Crippen molar-refractivity contribution in [3.63, 3.8) is 0 Å². The number of nitro groups is 1. The van der Waals surface area contributed by atoms with Crippen molar-refractivity contribution in [2.75, 3.05) is 19.5 Å². The molecule has 3 aromatic rings. The quantitative estimate of drug-likeness (QED) is 0.342. The summed E-state index contributed by atoms with van der Waals surface area (Å²) in [6.45, 7) is 0. The lowest BCUT2D eigenvalue weighted by atomic mass is 10.1. The second-order valence-corrected chi connectivity index (χ2v) is 6.58. The maximum atomic E-state index is 11.3. The van der Waals surface area contributed by atoms with E-state index >= 15 is 0 Å². The Hall–Kier alpha value is -3.90. The molecule has 146 valence electrons. The van der Waals surface area contributed by atoms with Crippen molar-refractivity contribution in [3.8, 4) is 28.8 Å². The van der Waals surface area contributed by atoms with Crippen LogP contribution < -0.4 is 14.8 Å². The molecule has 1 heterocycles. The predicted molar refractivity (Wildman–Crippen MR) is 111 cm³/mol. The molecule has 1 N–H and O–H groups in total. The molecule has 2 aromatic carbocycles. The van der Waals surface area contributed by atoms with E-state index in [1.54, 1.807) is 13.2 Å². The zero-order valence-electron chi connectivity index (χ0n) is 15.6. The number of aromatic nitrogens is 1. The van der Waals surface area contributed by atoms with Gasteiger partial charge in [-0.15, -0.1) is 11.3 Å². The highest BCUT2D eigenvalue weighted by Gasteiger charge is 2.15. The van der Waals surface area contributed by atoms with Crippen LogP contribution in [0.25, 0.3) is 16.8 Å². The number of nitriles is 1. The van der Waals surface area contributed by atoms with Gasteiger partial charge in [-0.3, -0.25) is 10.1 Å². The number of anilines is 1. The Labute approximate surface area is 170 Å². The zero-order valence-corrected chi connectivity index (χ0v) is 16.4. The molecule has 0 unspecified atom stereocenters. The first-order valence-corrected chi connectivity index (χ1v) is 9.23. The summed E-state index contributed by atoms with van der Waals surface area (Å²) >= 11 is 1.31. The molecule has 0 spiro atoms. The average molecular weight is 408 g/mol. The normalized spacial score (nSPS) is 10.9. The van der Waals surface area contributed by atoms with E-state index in [4.69, 9.17) is 9.47 Å². The highest BCUT2D eigenvalue weighted by Crippen LogP contribution is 2.31. The minimum absolute atomic E-state index is 0.158. The van der Waals surface area contributed by atoms with Crippen molar-refractivity contribution in [1.29, 1.82) is 5.26 Å². The molecule has 0 aliphatic heterocycles. The van der Waals surface area contributed by atoms with Crippen LogP contribution in [0.5, 0.6) is 11.5 Å². The Morgan fingerprint density at radius 3 is 2.69 bits per heavy atom. The molecule has 0 amide bonds. The van der Waals surface area contributed by atoms with Crippen molar-refractivity contribution in [2.45, 2.75) is 0 Å². The lowest BCUT2D eigenvalue weighted by Gasteiger charge is -2.05. The fourth-order valence-electron chi connectivity index (χ4n) is 2.52. The zero-order chi connectivity index (χ0) is 20.8. The number of hydrogen-bond donors (Lipinski definition) is 1. The maximum absolute atomic E-state index is 11.3. The molecule has 1 aromatic heterocycles. The van der Waals surface area contributed by atoms with E-state index in [0.29, 0.717) is 22.2 Å². The second kappa shape index (κ2) is 8.86. The Morgan fingerprint density at radius 2 is 2.00 bits per heavy atom. The van der Waals surface area contributed by atoms with Gasteiger partial charge in [0.2, 0.25) is 0 Å². The molecule has 8 nitrogen and oxygen atoms in total. The first kappa shape index (κ1) is 19.9. The van der Waals surface area contributed by atoms with Gasteiger partial charge in [-0.05, 0) is 24.3 Å². The van der Waals surface area contributed by atoms with E-state index in [1.807, 2.05) is 29.6 Å². The minimum Gasteiger partial charge on any atom is -0.497 e. The lowest BCUT2D eigenvalue weighted by molar-refractivity contribution is -0.384. The van der Waals surface area contributed by atoms with Gasteiger partial charge < -0.3 is 14.8 Å². The number of nitrogens with one attached hydrogen (secondary N) is 1. The fourth-order valence-corrected chi connectivity index (χ4v) is 3.31. The molecule has 0 saturated heterocycles. The molecule has 0 fully saturated rings.